The minimum Gasteiger partial charge on any atom is -0.339 e. The summed E-state index contributed by atoms with van der Waals surface area (Å²) < 4.78 is 44.5. The minimum atomic E-state index is -3.58. The molecule has 0 amide bonds. The van der Waals surface area contributed by atoms with E-state index in [1.54, 1.807) is 6.92 Å². The molecule has 1 aliphatic rings. The van der Waals surface area contributed by atoms with E-state index in [1.165, 1.54) is 16.4 Å². The zero-order valence-electron chi connectivity index (χ0n) is 12.1. The van der Waals surface area contributed by atoms with Crippen molar-refractivity contribution in [2.45, 2.75) is 30.6 Å². The number of halogens is 1. The van der Waals surface area contributed by atoms with Crippen molar-refractivity contribution in [2.75, 3.05) is 13.1 Å². The second-order valence-corrected chi connectivity index (χ2v) is 7.25. The molecule has 0 bridgehead atoms. The summed E-state index contributed by atoms with van der Waals surface area (Å²) in [5, 5.41) is 3.76. The minimum absolute atomic E-state index is 0.0841. The van der Waals surface area contributed by atoms with Crippen molar-refractivity contribution in [3.63, 3.8) is 0 Å². The number of sulfonamides is 1. The molecule has 0 atom stereocenters. The second kappa shape index (κ2) is 5.77. The predicted octanol–water partition coefficient (Wildman–Crippen LogP) is 2.09. The van der Waals surface area contributed by atoms with E-state index in [1.807, 2.05) is 0 Å². The van der Waals surface area contributed by atoms with Crippen LogP contribution in [0.15, 0.2) is 33.7 Å². The summed E-state index contributed by atoms with van der Waals surface area (Å²) in [5.41, 5.74) is 0. The molecule has 1 aliphatic heterocycles. The monoisotopic (exact) mass is 325 g/mol. The number of aromatic nitrogens is 2. The van der Waals surface area contributed by atoms with E-state index in [0.717, 1.165) is 12.1 Å². The normalized spacial score (nSPS) is 17.7. The van der Waals surface area contributed by atoms with Crippen LogP contribution in [0.1, 0.15) is 30.5 Å². The Hall–Kier alpha value is -1.80. The van der Waals surface area contributed by atoms with Crippen LogP contribution >= 0.6 is 0 Å². The van der Waals surface area contributed by atoms with Gasteiger partial charge in [-0.25, -0.2) is 12.8 Å². The Kier molecular flexibility index (Phi) is 3.96. The molecular weight excluding hydrogens is 309 g/mol. The van der Waals surface area contributed by atoms with Gasteiger partial charge in [0.25, 0.3) is 0 Å². The summed E-state index contributed by atoms with van der Waals surface area (Å²) in [6.07, 6.45) is 1.25. The van der Waals surface area contributed by atoms with E-state index in [-0.39, 0.29) is 10.8 Å². The SMILES string of the molecule is Cc1noc(C2CCN(S(=O)(=O)c3ccc(F)cc3)CC2)n1. The van der Waals surface area contributed by atoms with Crippen LogP contribution in [0.2, 0.25) is 0 Å². The fourth-order valence-corrected chi connectivity index (χ4v) is 4.05. The predicted molar refractivity (Wildman–Crippen MR) is 76.2 cm³/mol. The van der Waals surface area contributed by atoms with E-state index in [4.69, 9.17) is 4.52 Å². The summed E-state index contributed by atoms with van der Waals surface area (Å²) in [5.74, 6) is 0.776. The van der Waals surface area contributed by atoms with Crippen LogP contribution in [0, 0.1) is 12.7 Å². The molecule has 6 nitrogen and oxygen atoms in total. The van der Waals surface area contributed by atoms with Crippen LogP contribution in [0.3, 0.4) is 0 Å². The van der Waals surface area contributed by atoms with Crippen molar-refractivity contribution in [1.29, 1.82) is 0 Å². The lowest BCUT2D eigenvalue weighted by Crippen LogP contribution is -2.37. The maximum atomic E-state index is 12.9. The highest BCUT2D eigenvalue weighted by molar-refractivity contribution is 7.89. The van der Waals surface area contributed by atoms with Gasteiger partial charge in [-0.2, -0.15) is 9.29 Å². The van der Waals surface area contributed by atoms with Gasteiger partial charge in [0, 0.05) is 19.0 Å². The molecule has 0 saturated carbocycles. The molecule has 0 N–H and O–H groups in total. The molecule has 22 heavy (non-hydrogen) atoms. The fraction of sp³-hybridized carbons (Fsp3) is 0.429. The molecule has 2 aromatic rings. The van der Waals surface area contributed by atoms with E-state index in [2.05, 4.69) is 10.1 Å². The largest absolute Gasteiger partial charge is 0.339 e. The summed E-state index contributed by atoms with van der Waals surface area (Å²) >= 11 is 0. The maximum Gasteiger partial charge on any atom is 0.243 e. The lowest BCUT2D eigenvalue weighted by Gasteiger charge is -2.29. The van der Waals surface area contributed by atoms with E-state index >= 15 is 0 Å². The highest BCUT2D eigenvalue weighted by atomic mass is 32.2. The van der Waals surface area contributed by atoms with Gasteiger partial charge < -0.3 is 4.52 Å². The quantitative estimate of drug-likeness (QED) is 0.863. The number of piperidine rings is 1. The molecule has 0 radical (unpaired) electrons. The molecule has 0 spiro atoms. The zero-order valence-corrected chi connectivity index (χ0v) is 12.9. The van der Waals surface area contributed by atoms with Crippen molar-refractivity contribution in [3.05, 3.63) is 41.8 Å². The van der Waals surface area contributed by atoms with E-state index in [9.17, 15) is 12.8 Å². The molecule has 0 aliphatic carbocycles. The van der Waals surface area contributed by atoms with Gasteiger partial charge in [0.15, 0.2) is 5.82 Å². The Balaban J connectivity index is 1.71. The average molecular weight is 325 g/mol. The van der Waals surface area contributed by atoms with Gasteiger partial charge in [-0.3, -0.25) is 0 Å². The van der Waals surface area contributed by atoms with E-state index in [0.29, 0.717) is 37.6 Å². The Bertz CT molecular complexity index is 750. The highest BCUT2D eigenvalue weighted by Crippen LogP contribution is 2.29. The van der Waals surface area contributed by atoms with Crippen LogP contribution < -0.4 is 0 Å². The van der Waals surface area contributed by atoms with Crippen molar-refractivity contribution >= 4 is 10.0 Å². The number of benzene rings is 1. The van der Waals surface area contributed by atoms with Crippen molar-refractivity contribution in [1.82, 2.24) is 14.4 Å². The van der Waals surface area contributed by atoms with Crippen molar-refractivity contribution < 1.29 is 17.3 Å². The first-order chi connectivity index (χ1) is 10.5. The first-order valence-electron chi connectivity index (χ1n) is 7.03. The number of rotatable bonds is 3. The summed E-state index contributed by atoms with van der Waals surface area (Å²) in [4.78, 5) is 4.31. The van der Waals surface area contributed by atoms with Gasteiger partial charge in [-0.05, 0) is 44.0 Å². The molecule has 118 valence electrons. The summed E-state index contributed by atoms with van der Waals surface area (Å²) in [6.45, 7) is 2.51. The first-order valence-corrected chi connectivity index (χ1v) is 8.47. The van der Waals surface area contributed by atoms with Gasteiger partial charge in [-0.15, -0.1) is 0 Å². The molecule has 3 rings (SSSR count). The molecule has 8 heteroatoms. The lowest BCUT2D eigenvalue weighted by atomic mass is 9.98. The van der Waals surface area contributed by atoms with Crippen LogP contribution in [0.5, 0.6) is 0 Å². The topological polar surface area (TPSA) is 76.3 Å². The third-order valence-electron chi connectivity index (χ3n) is 3.80. The van der Waals surface area contributed by atoms with Crippen LogP contribution in [-0.2, 0) is 10.0 Å². The Morgan fingerprint density at radius 2 is 1.86 bits per heavy atom. The molecule has 1 aromatic carbocycles. The van der Waals surface area contributed by atoms with Gasteiger partial charge in [0.2, 0.25) is 15.9 Å². The third-order valence-corrected chi connectivity index (χ3v) is 5.71. The van der Waals surface area contributed by atoms with Gasteiger partial charge in [0.1, 0.15) is 5.82 Å². The third kappa shape index (κ3) is 2.89. The van der Waals surface area contributed by atoms with Gasteiger partial charge in [0.05, 0.1) is 4.90 Å². The second-order valence-electron chi connectivity index (χ2n) is 5.31. The highest BCUT2D eigenvalue weighted by Gasteiger charge is 2.31. The Labute approximate surface area is 128 Å². The lowest BCUT2D eigenvalue weighted by molar-refractivity contribution is 0.270. The maximum absolute atomic E-state index is 12.9. The van der Waals surface area contributed by atoms with Crippen molar-refractivity contribution in [2.24, 2.45) is 0 Å². The van der Waals surface area contributed by atoms with Crippen LogP contribution in [-0.4, -0.2) is 36.0 Å². The van der Waals surface area contributed by atoms with E-state index < -0.39 is 15.8 Å². The first kappa shape index (κ1) is 15.1. The molecule has 2 heterocycles. The molecule has 0 unspecified atom stereocenters. The molecule has 1 saturated heterocycles. The van der Waals surface area contributed by atoms with Gasteiger partial charge in [-0.1, -0.05) is 5.16 Å². The summed E-state index contributed by atoms with van der Waals surface area (Å²) in [6, 6.07) is 4.89. The molecular formula is C14H16FN3O3S. The molecule has 1 aromatic heterocycles. The Morgan fingerprint density at radius 3 is 2.41 bits per heavy atom. The van der Waals surface area contributed by atoms with Crippen LogP contribution in [0.25, 0.3) is 0 Å². The van der Waals surface area contributed by atoms with Crippen LogP contribution in [0.4, 0.5) is 4.39 Å². The van der Waals surface area contributed by atoms with Crippen molar-refractivity contribution in [3.8, 4) is 0 Å². The standard InChI is InChI=1S/C14H16FN3O3S/c1-10-16-14(21-17-10)11-6-8-18(9-7-11)22(19,20)13-4-2-12(15)3-5-13/h2-5,11H,6-9H2,1H3. The number of hydrogen-bond acceptors (Lipinski definition) is 5. The fourth-order valence-electron chi connectivity index (χ4n) is 2.58. The van der Waals surface area contributed by atoms with Gasteiger partial charge >= 0.3 is 0 Å². The number of aryl methyl sites for hydroxylation is 1. The zero-order chi connectivity index (χ0) is 15.7. The average Bonchev–Trinajstić information content (AvgIpc) is 2.94. The number of nitrogens with zero attached hydrogens (tertiary/aromatic N) is 3. The Morgan fingerprint density at radius 1 is 1.23 bits per heavy atom. The molecule has 1 fully saturated rings. The summed E-state index contributed by atoms with van der Waals surface area (Å²) in [7, 11) is -3.58. The number of hydrogen-bond donors (Lipinski definition) is 0. The smallest absolute Gasteiger partial charge is 0.243 e.